The molecule has 0 aliphatic heterocycles. The van der Waals surface area contributed by atoms with Crippen LogP contribution in [0.2, 0.25) is 0 Å². The Balaban J connectivity index is 0.831. The molecule has 0 fully saturated rings. The quantitative estimate of drug-likeness (QED) is 0.0894. The van der Waals surface area contributed by atoms with E-state index >= 15 is 0 Å². The molecule has 0 radical (unpaired) electrons. The third-order valence-corrected chi connectivity index (χ3v) is 17.0. The smallest absolute Gasteiger partial charge is 0.0468 e. The molecular formula is C86H62N4. The summed E-state index contributed by atoms with van der Waals surface area (Å²) in [6.45, 7) is 0. The first kappa shape index (κ1) is 54.7. The molecule has 426 valence electrons. The average molecular weight is 1150 g/mol. The van der Waals surface area contributed by atoms with Crippen molar-refractivity contribution in [2.45, 2.75) is 0 Å². The van der Waals surface area contributed by atoms with E-state index in [-0.39, 0.29) is 0 Å². The number of anilines is 12. The maximum absolute atomic E-state index is 2.39. The number of hydrogen-bond donors (Lipinski definition) is 0. The molecule has 0 aromatic heterocycles. The number of fused-ring (bicyclic) bond motifs is 3. The second kappa shape index (κ2) is 24.8. The molecule has 15 aromatic carbocycles. The summed E-state index contributed by atoms with van der Waals surface area (Å²) in [5, 5.41) is 4.73. The van der Waals surface area contributed by atoms with Crippen LogP contribution in [0.3, 0.4) is 0 Å². The summed E-state index contributed by atoms with van der Waals surface area (Å²) in [6.07, 6.45) is 0. The number of hydrogen-bond acceptors (Lipinski definition) is 4. The van der Waals surface area contributed by atoms with E-state index < -0.39 is 0 Å². The van der Waals surface area contributed by atoms with Gasteiger partial charge in [-0.2, -0.15) is 0 Å². The lowest BCUT2D eigenvalue weighted by Gasteiger charge is -2.30. The van der Waals surface area contributed by atoms with Crippen molar-refractivity contribution in [1.82, 2.24) is 0 Å². The van der Waals surface area contributed by atoms with Gasteiger partial charge in [0.2, 0.25) is 0 Å². The van der Waals surface area contributed by atoms with Gasteiger partial charge < -0.3 is 19.6 Å². The molecular weight excluding hydrogens is 1090 g/mol. The Morgan fingerprint density at radius 2 is 0.289 bits per heavy atom. The molecule has 0 N–H and O–H groups in total. The van der Waals surface area contributed by atoms with Crippen molar-refractivity contribution in [2.75, 3.05) is 19.6 Å². The van der Waals surface area contributed by atoms with Gasteiger partial charge >= 0.3 is 0 Å². The van der Waals surface area contributed by atoms with Crippen LogP contribution < -0.4 is 19.6 Å². The Labute approximate surface area is 527 Å². The second-order valence-electron chi connectivity index (χ2n) is 22.6. The maximum Gasteiger partial charge on any atom is 0.0468 e. The molecule has 4 nitrogen and oxygen atoms in total. The molecule has 0 amide bonds. The van der Waals surface area contributed by atoms with Crippen molar-refractivity contribution < 1.29 is 0 Å². The molecule has 0 aliphatic carbocycles. The van der Waals surface area contributed by atoms with E-state index in [9.17, 15) is 0 Å². The molecule has 4 heteroatoms. The number of rotatable bonds is 16. The highest BCUT2D eigenvalue weighted by Crippen LogP contribution is 2.45. The van der Waals surface area contributed by atoms with E-state index in [4.69, 9.17) is 0 Å². The van der Waals surface area contributed by atoms with Crippen LogP contribution in [0.25, 0.3) is 66.1 Å². The average Bonchev–Trinajstić information content (AvgIpc) is 1.71. The summed E-state index contributed by atoms with van der Waals surface area (Å²) < 4.78 is 0. The lowest BCUT2D eigenvalue weighted by Crippen LogP contribution is -2.13. The summed E-state index contributed by atoms with van der Waals surface area (Å²) in [6, 6.07) is 136. The number of nitrogens with zero attached hydrogens (tertiary/aromatic N) is 4. The van der Waals surface area contributed by atoms with E-state index in [1.165, 1.54) is 60.7 Å². The zero-order chi connectivity index (χ0) is 60.0. The van der Waals surface area contributed by atoms with Gasteiger partial charge in [0, 0.05) is 68.2 Å². The van der Waals surface area contributed by atoms with Gasteiger partial charge in [-0.15, -0.1) is 0 Å². The van der Waals surface area contributed by atoms with Gasteiger partial charge in [0.25, 0.3) is 0 Å². The molecule has 0 heterocycles. The van der Waals surface area contributed by atoms with E-state index in [0.717, 1.165) is 73.6 Å². The van der Waals surface area contributed by atoms with Gasteiger partial charge in [-0.1, -0.05) is 231 Å². The topological polar surface area (TPSA) is 13.0 Å². The van der Waals surface area contributed by atoms with Gasteiger partial charge in [0.15, 0.2) is 0 Å². The van der Waals surface area contributed by atoms with Crippen molar-refractivity contribution in [1.29, 1.82) is 0 Å². The first-order valence-corrected chi connectivity index (χ1v) is 30.7. The van der Waals surface area contributed by atoms with Crippen LogP contribution in [0.5, 0.6) is 0 Å². The largest absolute Gasteiger partial charge is 0.311 e. The van der Waals surface area contributed by atoms with Crippen LogP contribution in [0.15, 0.2) is 376 Å². The van der Waals surface area contributed by atoms with Crippen molar-refractivity contribution in [3.63, 3.8) is 0 Å². The zero-order valence-corrected chi connectivity index (χ0v) is 49.6. The molecule has 0 atom stereocenters. The second-order valence-corrected chi connectivity index (χ2v) is 22.6. The monoisotopic (exact) mass is 1150 g/mol. The van der Waals surface area contributed by atoms with Crippen LogP contribution in [0, 0.1) is 0 Å². The highest BCUT2D eigenvalue weighted by molar-refractivity contribution is 6.10. The standard InChI is InChI=1S/C86H62N4/c1-7-19-63(20-8-1)67-33-41-75(42-34-67)87(76-43-35-68(36-44-76)64-21-9-2-10-22-64)79-49-53-81(54-50-79)90(84-58-60-86-72(62-84)32-31-71-61-83(57-59-85(71)86)89(73-27-15-5-16-28-73)74-29-17-6-18-30-74)82-55-51-80(52-56-82)88(77-45-37-69(38-46-77)65-23-11-3-12-24-65)78-47-39-70(40-48-78)66-25-13-4-14-26-66/h1-62H. The van der Waals surface area contributed by atoms with E-state index in [1.54, 1.807) is 0 Å². The summed E-state index contributed by atoms with van der Waals surface area (Å²) in [7, 11) is 0. The molecule has 15 aromatic rings. The Hall–Kier alpha value is -12.0. The first-order valence-electron chi connectivity index (χ1n) is 30.7. The molecule has 0 saturated heterocycles. The molecule has 0 spiro atoms. The van der Waals surface area contributed by atoms with Crippen molar-refractivity contribution in [3.05, 3.63) is 376 Å². The normalized spacial score (nSPS) is 11.1. The number of benzene rings is 15. The van der Waals surface area contributed by atoms with E-state index in [0.29, 0.717) is 0 Å². The molecule has 0 aliphatic rings. The van der Waals surface area contributed by atoms with Crippen LogP contribution in [0.1, 0.15) is 0 Å². The van der Waals surface area contributed by atoms with Crippen molar-refractivity contribution in [2.24, 2.45) is 0 Å². The van der Waals surface area contributed by atoms with Crippen molar-refractivity contribution in [3.8, 4) is 44.5 Å². The third kappa shape index (κ3) is 11.2. The van der Waals surface area contributed by atoms with Gasteiger partial charge in [-0.25, -0.2) is 0 Å². The van der Waals surface area contributed by atoms with Crippen LogP contribution in [-0.4, -0.2) is 0 Å². The summed E-state index contributed by atoms with van der Waals surface area (Å²) in [5.74, 6) is 0. The summed E-state index contributed by atoms with van der Waals surface area (Å²) in [5.41, 5.74) is 22.2. The fourth-order valence-corrected chi connectivity index (χ4v) is 12.5. The fraction of sp³-hybridized carbons (Fsp3) is 0. The Kier molecular flexibility index (Phi) is 15.0. The van der Waals surface area contributed by atoms with Crippen LogP contribution in [-0.2, 0) is 0 Å². The van der Waals surface area contributed by atoms with Gasteiger partial charge in [0.05, 0.1) is 0 Å². The maximum atomic E-state index is 2.39. The zero-order valence-electron chi connectivity index (χ0n) is 49.6. The van der Waals surface area contributed by atoms with Gasteiger partial charge in [-0.05, 0) is 212 Å². The molecule has 15 rings (SSSR count). The van der Waals surface area contributed by atoms with Gasteiger partial charge in [-0.3, -0.25) is 0 Å². The highest BCUT2D eigenvalue weighted by atomic mass is 15.2. The fourth-order valence-electron chi connectivity index (χ4n) is 12.5. The summed E-state index contributed by atoms with van der Waals surface area (Å²) in [4.78, 5) is 9.42. The van der Waals surface area contributed by atoms with Gasteiger partial charge in [0.1, 0.15) is 0 Å². The summed E-state index contributed by atoms with van der Waals surface area (Å²) >= 11 is 0. The third-order valence-electron chi connectivity index (χ3n) is 17.0. The minimum absolute atomic E-state index is 1.03. The Bertz CT molecular complexity index is 4440. The molecule has 0 bridgehead atoms. The predicted octanol–water partition coefficient (Wildman–Crippen LogP) is 24.5. The Morgan fingerprint density at radius 1 is 0.122 bits per heavy atom. The molecule has 90 heavy (non-hydrogen) atoms. The minimum atomic E-state index is 1.03. The lowest BCUT2D eigenvalue weighted by atomic mass is 10.00. The minimum Gasteiger partial charge on any atom is -0.311 e. The molecule has 0 unspecified atom stereocenters. The molecule has 0 saturated carbocycles. The van der Waals surface area contributed by atoms with E-state index in [1.807, 2.05) is 0 Å². The predicted molar refractivity (Wildman–Crippen MR) is 382 cm³/mol. The lowest BCUT2D eigenvalue weighted by molar-refractivity contribution is 1.25. The highest BCUT2D eigenvalue weighted by Gasteiger charge is 2.21. The van der Waals surface area contributed by atoms with Crippen LogP contribution in [0.4, 0.5) is 68.2 Å². The van der Waals surface area contributed by atoms with Crippen molar-refractivity contribution >= 4 is 89.8 Å². The Morgan fingerprint density at radius 3 is 0.522 bits per heavy atom. The number of para-hydroxylation sites is 2. The van der Waals surface area contributed by atoms with Crippen LogP contribution >= 0.6 is 0 Å². The SMILES string of the molecule is c1ccc(-c2ccc(N(c3ccc(-c4ccccc4)cc3)c3ccc(N(c4ccc(N(c5ccc(-c6ccccc6)cc5)c5ccc(-c6ccccc6)cc5)cc4)c4ccc5c(ccc6cc(N(c7ccccc7)c7ccccc7)ccc65)c4)cc3)cc2)cc1. The first-order chi connectivity index (χ1) is 44.6. The van der Waals surface area contributed by atoms with E-state index in [2.05, 4.69) is 396 Å².